The van der Waals surface area contributed by atoms with Crippen LogP contribution in [0.2, 0.25) is 0 Å². The van der Waals surface area contributed by atoms with Crippen molar-refractivity contribution >= 4 is 0 Å². The van der Waals surface area contributed by atoms with E-state index in [1.165, 1.54) is 12.0 Å². The summed E-state index contributed by atoms with van der Waals surface area (Å²) in [6, 6.07) is 10.3. The molecule has 1 aromatic carbocycles. The molecule has 0 bridgehead atoms. The van der Waals surface area contributed by atoms with Gasteiger partial charge in [-0.2, -0.15) is 0 Å². The van der Waals surface area contributed by atoms with E-state index in [2.05, 4.69) is 44.7 Å². The maximum absolute atomic E-state index is 6.19. The summed E-state index contributed by atoms with van der Waals surface area (Å²) in [6.45, 7) is 9.18. The molecule has 0 N–H and O–H groups in total. The van der Waals surface area contributed by atoms with E-state index in [0.29, 0.717) is 12.5 Å². The Bertz CT molecular complexity index is 657. The second-order valence-corrected chi connectivity index (χ2v) is 8.78. The first-order valence-electron chi connectivity index (χ1n) is 10.2. The molecule has 0 aromatic heterocycles. The molecular formula is C24H34O3. The molecule has 148 valence electrons. The Hall–Kier alpha value is -1.34. The van der Waals surface area contributed by atoms with Crippen LogP contribution < -0.4 is 0 Å². The summed E-state index contributed by atoms with van der Waals surface area (Å²) in [5, 5.41) is 0. The van der Waals surface area contributed by atoms with E-state index in [0.717, 1.165) is 32.5 Å². The van der Waals surface area contributed by atoms with Crippen molar-refractivity contribution in [3.05, 3.63) is 35.9 Å². The van der Waals surface area contributed by atoms with Crippen molar-refractivity contribution in [2.24, 2.45) is 16.7 Å². The molecule has 1 aliphatic carbocycles. The van der Waals surface area contributed by atoms with Gasteiger partial charge in [0.1, 0.15) is 6.10 Å². The fourth-order valence-electron chi connectivity index (χ4n) is 4.38. The van der Waals surface area contributed by atoms with Gasteiger partial charge in [0.15, 0.2) is 0 Å². The highest BCUT2D eigenvalue weighted by molar-refractivity contribution is 5.22. The first-order chi connectivity index (χ1) is 13.0. The smallest absolute Gasteiger partial charge is 0.144 e. The summed E-state index contributed by atoms with van der Waals surface area (Å²) < 4.78 is 17.6. The molecular weight excluding hydrogens is 336 g/mol. The molecule has 1 saturated heterocycles. The van der Waals surface area contributed by atoms with Gasteiger partial charge in [0.25, 0.3) is 0 Å². The van der Waals surface area contributed by atoms with Crippen LogP contribution >= 0.6 is 0 Å². The predicted octanol–water partition coefficient (Wildman–Crippen LogP) is 4.84. The van der Waals surface area contributed by atoms with Gasteiger partial charge in [-0.1, -0.05) is 56.0 Å². The van der Waals surface area contributed by atoms with Gasteiger partial charge in [0.2, 0.25) is 0 Å². The molecule has 27 heavy (non-hydrogen) atoms. The van der Waals surface area contributed by atoms with Crippen LogP contribution in [-0.4, -0.2) is 32.5 Å². The Morgan fingerprint density at radius 1 is 1.15 bits per heavy atom. The van der Waals surface area contributed by atoms with Gasteiger partial charge in [-0.25, -0.2) is 0 Å². The molecule has 1 heterocycles. The molecule has 2 fully saturated rings. The Balaban J connectivity index is 1.68. The average Bonchev–Trinajstić information content (AvgIpc) is 2.90. The summed E-state index contributed by atoms with van der Waals surface area (Å²) in [5.74, 6) is 7.65. The largest absolute Gasteiger partial charge is 0.384 e. The first-order valence-corrected chi connectivity index (χ1v) is 10.2. The maximum Gasteiger partial charge on any atom is 0.144 e. The van der Waals surface area contributed by atoms with Crippen molar-refractivity contribution in [1.82, 2.24) is 0 Å². The maximum atomic E-state index is 6.19. The summed E-state index contributed by atoms with van der Waals surface area (Å²) in [7, 11) is 1.79. The normalized spacial score (nSPS) is 32.7. The van der Waals surface area contributed by atoms with Gasteiger partial charge < -0.3 is 14.2 Å². The molecule has 0 amide bonds. The SMILES string of the molecule is COC[C@@H]1CC[C@@](C)(C#C[C@@H]2OCCC[C@H]2OCc2ccccc2)C1(C)C. The van der Waals surface area contributed by atoms with Gasteiger partial charge in [0, 0.05) is 25.7 Å². The molecule has 1 aromatic rings. The molecule has 2 aliphatic rings. The van der Waals surface area contributed by atoms with Crippen molar-refractivity contribution in [1.29, 1.82) is 0 Å². The van der Waals surface area contributed by atoms with E-state index in [1.807, 2.05) is 18.2 Å². The van der Waals surface area contributed by atoms with Gasteiger partial charge in [-0.3, -0.25) is 0 Å². The minimum absolute atomic E-state index is 0.0129. The predicted molar refractivity (Wildman–Crippen MR) is 108 cm³/mol. The fourth-order valence-corrected chi connectivity index (χ4v) is 4.38. The lowest BCUT2D eigenvalue weighted by atomic mass is 9.66. The zero-order valence-corrected chi connectivity index (χ0v) is 17.3. The van der Waals surface area contributed by atoms with Gasteiger partial charge in [0.05, 0.1) is 12.7 Å². The molecule has 4 atom stereocenters. The number of hydrogen-bond donors (Lipinski definition) is 0. The minimum Gasteiger partial charge on any atom is -0.384 e. The Morgan fingerprint density at radius 3 is 2.67 bits per heavy atom. The number of ether oxygens (including phenoxy) is 3. The van der Waals surface area contributed by atoms with Crippen LogP contribution in [0.15, 0.2) is 30.3 Å². The third-order valence-corrected chi connectivity index (χ3v) is 6.87. The second-order valence-electron chi connectivity index (χ2n) is 8.78. The van der Waals surface area contributed by atoms with Gasteiger partial charge >= 0.3 is 0 Å². The van der Waals surface area contributed by atoms with Crippen molar-refractivity contribution in [3.8, 4) is 11.8 Å². The van der Waals surface area contributed by atoms with Crippen LogP contribution in [-0.2, 0) is 20.8 Å². The van der Waals surface area contributed by atoms with Crippen LogP contribution in [0.4, 0.5) is 0 Å². The van der Waals surface area contributed by atoms with Crippen molar-refractivity contribution in [2.75, 3.05) is 20.3 Å². The Morgan fingerprint density at radius 2 is 1.93 bits per heavy atom. The third-order valence-electron chi connectivity index (χ3n) is 6.87. The lowest BCUT2D eigenvalue weighted by Gasteiger charge is -2.38. The first kappa shape index (κ1) is 20.4. The lowest BCUT2D eigenvalue weighted by molar-refractivity contribution is -0.0868. The molecule has 0 spiro atoms. The number of benzene rings is 1. The van der Waals surface area contributed by atoms with E-state index in [1.54, 1.807) is 7.11 Å². The number of hydrogen-bond acceptors (Lipinski definition) is 3. The topological polar surface area (TPSA) is 27.7 Å². The van der Waals surface area contributed by atoms with E-state index >= 15 is 0 Å². The van der Waals surface area contributed by atoms with Crippen LogP contribution in [0.3, 0.4) is 0 Å². The van der Waals surface area contributed by atoms with Crippen LogP contribution in [0, 0.1) is 28.6 Å². The van der Waals surface area contributed by atoms with E-state index < -0.39 is 0 Å². The fraction of sp³-hybridized carbons (Fsp3) is 0.667. The quantitative estimate of drug-likeness (QED) is 0.694. The second kappa shape index (κ2) is 8.78. The molecule has 1 aliphatic heterocycles. The third kappa shape index (κ3) is 4.57. The zero-order valence-electron chi connectivity index (χ0n) is 17.3. The highest BCUT2D eigenvalue weighted by atomic mass is 16.5. The van der Waals surface area contributed by atoms with Crippen LogP contribution in [0.25, 0.3) is 0 Å². The van der Waals surface area contributed by atoms with Crippen molar-refractivity contribution < 1.29 is 14.2 Å². The summed E-state index contributed by atoms with van der Waals surface area (Å²) in [4.78, 5) is 0. The number of rotatable bonds is 5. The Kier molecular flexibility index (Phi) is 6.63. The van der Waals surface area contributed by atoms with Gasteiger partial charge in [-0.15, -0.1) is 0 Å². The zero-order chi connectivity index (χ0) is 19.3. The van der Waals surface area contributed by atoms with E-state index in [-0.39, 0.29) is 23.0 Å². The van der Waals surface area contributed by atoms with Gasteiger partial charge in [-0.05, 0) is 49.5 Å². The van der Waals surface area contributed by atoms with Crippen LogP contribution in [0.5, 0.6) is 0 Å². The van der Waals surface area contributed by atoms with E-state index in [9.17, 15) is 0 Å². The summed E-state index contributed by atoms with van der Waals surface area (Å²) in [5.41, 5.74) is 1.31. The molecule has 1 saturated carbocycles. The monoisotopic (exact) mass is 370 g/mol. The van der Waals surface area contributed by atoms with E-state index in [4.69, 9.17) is 14.2 Å². The number of methoxy groups -OCH3 is 1. The summed E-state index contributed by atoms with van der Waals surface area (Å²) in [6.07, 6.45) is 4.26. The Labute approximate surface area is 164 Å². The van der Waals surface area contributed by atoms with Crippen molar-refractivity contribution in [3.63, 3.8) is 0 Å². The van der Waals surface area contributed by atoms with Crippen molar-refractivity contribution in [2.45, 2.75) is 65.3 Å². The molecule has 3 heteroatoms. The average molecular weight is 371 g/mol. The molecule has 0 unspecified atom stereocenters. The molecule has 3 nitrogen and oxygen atoms in total. The lowest BCUT2D eigenvalue weighted by Crippen LogP contribution is -2.37. The molecule has 3 rings (SSSR count). The molecule has 0 radical (unpaired) electrons. The highest BCUT2D eigenvalue weighted by Gasteiger charge is 2.50. The van der Waals surface area contributed by atoms with Crippen LogP contribution in [0.1, 0.15) is 52.0 Å². The highest BCUT2D eigenvalue weighted by Crippen LogP contribution is 2.55. The minimum atomic E-state index is -0.128. The standard InChI is InChI=1S/C24H34O3/c1-23(2)20(18-25-4)12-14-24(23,3)15-13-22-21(11-8-16-26-22)27-17-19-9-6-5-7-10-19/h5-7,9-10,20-22H,8,11-12,14,16-18H2,1-4H3/t20-,21+,22-,24-/m0/s1. The summed E-state index contributed by atoms with van der Waals surface area (Å²) >= 11 is 0.